The summed E-state index contributed by atoms with van der Waals surface area (Å²) in [6.07, 6.45) is 5.61. The maximum atomic E-state index is 13.9. The Hall–Kier alpha value is -1.92. The van der Waals surface area contributed by atoms with Crippen molar-refractivity contribution in [1.82, 2.24) is 15.2 Å². The number of thiazole rings is 1. The Bertz CT molecular complexity index is 929. The first-order chi connectivity index (χ1) is 14.5. The number of fused-ring (bicyclic) bond motifs is 1. The molecule has 5 atom stereocenters. The van der Waals surface area contributed by atoms with Gasteiger partial charge < -0.3 is 15.5 Å². The molecule has 3 fully saturated rings. The maximum absolute atomic E-state index is 13.9. The third kappa shape index (κ3) is 3.16. The summed E-state index contributed by atoms with van der Waals surface area (Å²) in [7, 11) is 0. The van der Waals surface area contributed by atoms with Crippen molar-refractivity contribution < 1.29 is 4.79 Å². The SMILES string of the molecule is CCNc1nc(C)c(C(=O)N2[C@H]3CCC[C@H]4N[C@H](Cc5ccccc5)[C@@H]2C[C@@]34C)s1. The molecule has 3 aliphatic rings. The van der Waals surface area contributed by atoms with Crippen LogP contribution >= 0.6 is 11.3 Å². The first kappa shape index (κ1) is 20.0. The number of carbonyl (C=O) groups is 1. The van der Waals surface area contributed by atoms with Crippen molar-refractivity contribution in [2.45, 2.75) is 77.0 Å². The van der Waals surface area contributed by atoms with Crippen LogP contribution in [-0.2, 0) is 6.42 Å². The quantitative estimate of drug-likeness (QED) is 0.754. The molecule has 160 valence electrons. The van der Waals surface area contributed by atoms with Gasteiger partial charge in [-0.2, -0.15) is 0 Å². The van der Waals surface area contributed by atoms with Gasteiger partial charge in [-0.05, 0) is 51.5 Å². The number of nitrogens with one attached hydrogen (secondary N) is 2. The van der Waals surface area contributed by atoms with Crippen LogP contribution in [0.25, 0.3) is 0 Å². The van der Waals surface area contributed by atoms with Crippen molar-refractivity contribution in [3.05, 3.63) is 46.5 Å². The average molecular weight is 425 g/mol. The fraction of sp³-hybridized carbons (Fsp3) is 0.583. The monoisotopic (exact) mass is 424 g/mol. The van der Waals surface area contributed by atoms with E-state index in [0.29, 0.717) is 18.1 Å². The number of likely N-dealkylation sites (tertiary alicyclic amines) is 1. The van der Waals surface area contributed by atoms with Gasteiger partial charge in [0.05, 0.1) is 5.69 Å². The second-order valence-corrected chi connectivity index (χ2v) is 10.4. The molecule has 0 spiro atoms. The summed E-state index contributed by atoms with van der Waals surface area (Å²) in [4.78, 5) is 21.6. The highest BCUT2D eigenvalue weighted by Crippen LogP contribution is 2.53. The van der Waals surface area contributed by atoms with Gasteiger partial charge in [0.1, 0.15) is 4.88 Å². The van der Waals surface area contributed by atoms with Crippen molar-refractivity contribution in [2.24, 2.45) is 5.41 Å². The number of hydrogen-bond donors (Lipinski definition) is 2. The minimum atomic E-state index is 0.175. The molecule has 6 heteroatoms. The number of aryl methyl sites for hydroxylation is 1. The predicted octanol–water partition coefficient (Wildman–Crippen LogP) is 4.24. The summed E-state index contributed by atoms with van der Waals surface area (Å²) in [6.45, 7) is 7.26. The molecular formula is C24H32N4OS. The molecule has 1 saturated carbocycles. The fourth-order valence-electron chi connectivity index (χ4n) is 6.20. The smallest absolute Gasteiger partial charge is 0.266 e. The Kier molecular flexibility index (Phi) is 5.10. The number of nitrogens with zero attached hydrogens (tertiary/aromatic N) is 2. The molecule has 0 radical (unpaired) electrons. The standard InChI is InChI=1S/C24H32N4OS/c1-4-25-23-26-15(2)21(30-23)22(29)28-18-14-24(3)19(11-8-12-20(24)28)27-17(18)13-16-9-6-5-7-10-16/h5-7,9-10,17-20,27H,4,8,11-14H2,1-3H3,(H,25,26)/t17-,18+,19-,20+,24-/m1/s1. The Labute approximate surface area is 183 Å². The molecule has 2 N–H and O–H groups in total. The van der Waals surface area contributed by atoms with Crippen LogP contribution in [0.2, 0.25) is 0 Å². The van der Waals surface area contributed by atoms with Crippen molar-refractivity contribution in [2.75, 3.05) is 11.9 Å². The number of carbonyl (C=O) groups excluding carboxylic acids is 1. The zero-order valence-electron chi connectivity index (χ0n) is 18.1. The van der Waals surface area contributed by atoms with Crippen LogP contribution in [0.5, 0.6) is 0 Å². The minimum absolute atomic E-state index is 0.175. The van der Waals surface area contributed by atoms with Gasteiger partial charge in [-0.25, -0.2) is 4.98 Å². The number of aromatic nitrogens is 1. The minimum Gasteiger partial charge on any atom is -0.362 e. The molecule has 3 heterocycles. The van der Waals surface area contributed by atoms with Crippen LogP contribution in [0.1, 0.15) is 60.5 Å². The summed E-state index contributed by atoms with van der Waals surface area (Å²) in [5, 5.41) is 8.12. The van der Waals surface area contributed by atoms with Gasteiger partial charge in [-0.15, -0.1) is 0 Å². The molecule has 1 aliphatic carbocycles. The van der Waals surface area contributed by atoms with E-state index in [2.05, 4.69) is 64.7 Å². The number of piperidine rings is 1. The molecule has 5 rings (SSSR count). The fourth-order valence-corrected chi connectivity index (χ4v) is 7.17. The lowest BCUT2D eigenvalue weighted by Gasteiger charge is -2.46. The van der Waals surface area contributed by atoms with Gasteiger partial charge in [-0.3, -0.25) is 4.79 Å². The Morgan fingerprint density at radius 1 is 1.33 bits per heavy atom. The maximum Gasteiger partial charge on any atom is 0.266 e. The second-order valence-electron chi connectivity index (χ2n) is 9.42. The number of rotatable bonds is 5. The number of amides is 1. The lowest BCUT2D eigenvalue weighted by Crippen LogP contribution is -2.58. The van der Waals surface area contributed by atoms with Crippen LogP contribution < -0.4 is 10.6 Å². The van der Waals surface area contributed by atoms with Crippen molar-refractivity contribution in [3.8, 4) is 0 Å². The molecule has 2 bridgehead atoms. The average Bonchev–Trinajstić information content (AvgIpc) is 3.25. The van der Waals surface area contributed by atoms with Gasteiger partial charge >= 0.3 is 0 Å². The number of hydrogen-bond acceptors (Lipinski definition) is 5. The molecule has 1 amide bonds. The topological polar surface area (TPSA) is 57.3 Å². The summed E-state index contributed by atoms with van der Waals surface area (Å²) >= 11 is 1.51. The van der Waals surface area contributed by atoms with Crippen LogP contribution in [0, 0.1) is 12.3 Å². The van der Waals surface area contributed by atoms with Crippen LogP contribution in [0.15, 0.2) is 30.3 Å². The van der Waals surface area contributed by atoms with E-state index in [4.69, 9.17) is 0 Å². The first-order valence-corrected chi connectivity index (χ1v) is 12.2. The normalized spacial score (nSPS) is 32.3. The van der Waals surface area contributed by atoms with Gasteiger partial charge in [0.15, 0.2) is 5.13 Å². The molecule has 2 saturated heterocycles. The highest BCUT2D eigenvalue weighted by atomic mass is 32.1. The van der Waals surface area contributed by atoms with Gasteiger partial charge in [0, 0.05) is 36.1 Å². The van der Waals surface area contributed by atoms with E-state index in [0.717, 1.165) is 41.5 Å². The first-order valence-electron chi connectivity index (χ1n) is 11.3. The Balaban J connectivity index is 1.49. The Morgan fingerprint density at radius 3 is 2.90 bits per heavy atom. The molecular weight excluding hydrogens is 392 g/mol. The van der Waals surface area contributed by atoms with Crippen LogP contribution in [0.4, 0.5) is 5.13 Å². The highest BCUT2D eigenvalue weighted by molar-refractivity contribution is 7.17. The van der Waals surface area contributed by atoms with E-state index in [1.807, 2.05) is 6.92 Å². The van der Waals surface area contributed by atoms with E-state index in [-0.39, 0.29) is 17.4 Å². The highest BCUT2D eigenvalue weighted by Gasteiger charge is 2.61. The van der Waals surface area contributed by atoms with Gasteiger partial charge in [0.2, 0.25) is 0 Å². The lowest BCUT2D eigenvalue weighted by atomic mass is 9.65. The van der Waals surface area contributed by atoms with Crippen LogP contribution in [-0.4, -0.2) is 46.5 Å². The van der Waals surface area contributed by atoms with E-state index >= 15 is 0 Å². The molecule has 0 unspecified atom stereocenters. The van der Waals surface area contributed by atoms with E-state index < -0.39 is 0 Å². The molecule has 2 aliphatic heterocycles. The van der Waals surface area contributed by atoms with Gasteiger partial charge in [-0.1, -0.05) is 48.6 Å². The van der Waals surface area contributed by atoms with E-state index in [1.165, 1.54) is 29.7 Å². The molecule has 1 aromatic heterocycles. The van der Waals surface area contributed by atoms with E-state index in [1.54, 1.807) is 0 Å². The largest absolute Gasteiger partial charge is 0.362 e. The molecule has 1 aromatic carbocycles. The summed E-state index contributed by atoms with van der Waals surface area (Å²) < 4.78 is 0. The molecule has 30 heavy (non-hydrogen) atoms. The number of benzene rings is 1. The van der Waals surface area contributed by atoms with Crippen molar-refractivity contribution >= 4 is 22.4 Å². The predicted molar refractivity (Wildman–Crippen MR) is 122 cm³/mol. The zero-order valence-corrected chi connectivity index (χ0v) is 19.0. The lowest BCUT2D eigenvalue weighted by molar-refractivity contribution is 0.0562. The third-order valence-corrected chi connectivity index (χ3v) is 8.70. The van der Waals surface area contributed by atoms with E-state index in [9.17, 15) is 4.79 Å². The zero-order chi connectivity index (χ0) is 20.9. The summed E-state index contributed by atoms with van der Waals surface area (Å²) in [5.74, 6) is 0.190. The van der Waals surface area contributed by atoms with Crippen molar-refractivity contribution in [1.29, 1.82) is 0 Å². The van der Waals surface area contributed by atoms with Gasteiger partial charge in [0.25, 0.3) is 5.91 Å². The summed E-state index contributed by atoms with van der Waals surface area (Å²) in [5.41, 5.74) is 2.37. The Morgan fingerprint density at radius 2 is 2.13 bits per heavy atom. The van der Waals surface area contributed by atoms with Crippen LogP contribution in [0.3, 0.4) is 0 Å². The molecule has 2 aromatic rings. The molecule has 5 nitrogen and oxygen atoms in total. The third-order valence-electron chi connectivity index (χ3n) is 7.60. The van der Waals surface area contributed by atoms with Crippen molar-refractivity contribution in [3.63, 3.8) is 0 Å². The number of anilines is 1. The summed E-state index contributed by atoms with van der Waals surface area (Å²) in [6, 6.07) is 12.1. The second kappa shape index (κ2) is 7.65.